The zero-order valence-corrected chi connectivity index (χ0v) is 13.1. The number of anilines is 2. The molecule has 1 aliphatic rings. The van der Waals surface area contributed by atoms with Gasteiger partial charge < -0.3 is 15.4 Å². The van der Waals surface area contributed by atoms with E-state index in [0.29, 0.717) is 6.42 Å². The highest BCUT2D eigenvalue weighted by molar-refractivity contribution is 5.96. The summed E-state index contributed by atoms with van der Waals surface area (Å²) in [5, 5.41) is 6.21. The van der Waals surface area contributed by atoms with Crippen LogP contribution in [0.1, 0.15) is 25.0 Å². The van der Waals surface area contributed by atoms with E-state index in [9.17, 15) is 4.79 Å². The molecule has 0 spiro atoms. The van der Waals surface area contributed by atoms with Crippen molar-refractivity contribution in [2.24, 2.45) is 0 Å². The standard InChI is InChI=1S/C19H20N2O2/c1-3-15-11-19(22)21-17-10-9-16(12-18(17)20-15)23-13(2)14-7-5-4-6-8-14/h3-10,12-13,15,20H,1,11H2,2H3,(H,21,22)/t13-,15-/m1/s1. The Bertz CT molecular complexity index is 713. The number of hydrogen-bond acceptors (Lipinski definition) is 3. The van der Waals surface area contributed by atoms with Gasteiger partial charge in [-0.15, -0.1) is 6.58 Å². The van der Waals surface area contributed by atoms with Crippen molar-refractivity contribution in [2.45, 2.75) is 25.5 Å². The molecule has 1 aliphatic heterocycles. The SMILES string of the molecule is C=C[C@@H]1CC(=O)Nc2ccc(O[C@H](C)c3ccccc3)cc2N1. The third-order valence-electron chi connectivity index (χ3n) is 3.88. The summed E-state index contributed by atoms with van der Waals surface area (Å²) < 4.78 is 6.02. The normalized spacial score (nSPS) is 18.0. The van der Waals surface area contributed by atoms with Crippen LogP contribution in [0, 0.1) is 0 Å². The van der Waals surface area contributed by atoms with E-state index in [1.54, 1.807) is 6.08 Å². The van der Waals surface area contributed by atoms with Crippen molar-refractivity contribution in [1.82, 2.24) is 0 Å². The Hall–Kier alpha value is -2.75. The summed E-state index contributed by atoms with van der Waals surface area (Å²) in [6.07, 6.45) is 2.06. The molecule has 118 valence electrons. The Morgan fingerprint density at radius 1 is 1.22 bits per heavy atom. The molecule has 4 heteroatoms. The van der Waals surface area contributed by atoms with Gasteiger partial charge in [-0.2, -0.15) is 0 Å². The number of ether oxygens (including phenoxy) is 1. The van der Waals surface area contributed by atoms with Gasteiger partial charge in [-0.05, 0) is 24.6 Å². The molecule has 0 fully saturated rings. The second-order valence-corrected chi connectivity index (χ2v) is 5.62. The van der Waals surface area contributed by atoms with E-state index < -0.39 is 0 Å². The lowest BCUT2D eigenvalue weighted by molar-refractivity contribution is -0.116. The molecule has 1 amide bonds. The molecule has 3 rings (SSSR count). The molecular formula is C19H20N2O2. The van der Waals surface area contributed by atoms with Crippen LogP contribution in [0.2, 0.25) is 0 Å². The van der Waals surface area contributed by atoms with E-state index in [1.165, 1.54) is 0 Å². The molecule has 2 atom stereocenters. The highest BCUT2D eigenvalue weighted by atomic mass is 16.5. The maximum Gasteiger partial charge on any atom is 0.226 e. The Kier molecular flexibility index (Phi) is 4.33. The fourth-order valence-electron chi connectivity index (χ4n) is 2.62. The van der Waals surface area contributed by atoms with Crippen molar-refractivity contribution in [3.05, 3.63) is 66.7 Å². The summed E-state index contributed by atoms with van der Waals surface area (Å²) in [5.41, 5.74) is 2.73. The zero-order chi connectivity index (χ0) is 16.2. The monoisotopic (exact) mass is 308 g/mol. The molecule has 0 aromatic heterocycles. The van der Waals surface area contributed by atoms with Gasteiger partial charge in [-0.1, -0.05) is 36.4 Å². The molecule has 0 radical (unpaired) electrons. The average Bonchev–Trinajstić information content (AvgIpc) is 2.73. The minimum atomic E-state index is -0.0851. The number of benzene rings is 2. The predicted octanol–water partition coefficient (Wildman–Crippen LogP) is 4.14. The molecule has 0 aliphatic carbocycles. The van der Waals surface area contributed by atoms with Gasteiger partial charge in [0, 0.05) is 6.07 Å². The minimum Gasteiger partial charge on any atom is -0.486 e. The second kappa shape index (κ2) is 6.57. The van der Waals surface area contributed by atoms with Crippen molar-refractivity contribution in [1.29, 1.82) is 0 Å². The van der Waals surface area contributed by atoms with Crippen molar-refractivity contribution >= 4 is 17.3 Å². The molecule has 1 heterocycles. The summed E-state index contributed by atoms with van der Waals surface area (Å²) in [4.78, 5) is 11.8. The molecule has 2 aromatic rings. The number of hydrogen-bond donors (Lipinski definition) is 2. The van der Waals surface area contributed by atoms with Crippen LogP contribution in [0.5, 0.6) is 5.75 Å². The van der Waals surface area contributed by atoms with E-state index in [2.05, 4.69) is 17.2 Å². The summed E-state index contributed by atoms with van der Waals surface area (Å²) >= 11 is 0. The van der Waals surface area contributed by atoms with E-state index in [4.69, 9.17) is 4.74 Å². The van der Waals surface area contributed by atoms with Gasteiger partial charge in [0.25, 0.3) is 0 Å². The first-order valence-corrected chi connectivity index (χ1v) is 7.70. The van der Waals surface area contributed by atoms with Crippen molar-refractivity contribution in [3.8, 4) is 5.75 Å². The van der Waals surface area contributed by atoms with E-state index in [1.807, 2.05) is 55.5 Å². The number of rotatable bonds is 4. The van der Waals surface area contributed by atoms with Crippen LogP contribution in [0.25, 0.3) is 0 Å². The largest absolute Gasteiger partial charge is 0.486 e. The lowest BCUT2D eigenvalue weighted by Crippen LogP contribution is -2.20. The Labute approximate surface area is 136 Å². The van der Waals surface area contributed by atoms with Crippen LogP contribution in [0.3, 0.4) is 0 Å². The Morgan fingerprint density at radius 2 is 2.00 bits per heavy atom. The summed E-state index contributed by atoms with van der Waals surface area (Å²) in [6, 6.07) is 15.6. The highest BCUT2D eigenvalue weighted by Gasteiger charge is 2.19. The van der Waals surface area contributed by atoms with E-state index in [-0.39, 0.29) is 18.1 Å². The van der Waals surface area contributed by atoms with E-state index >= 15 is 0 Å². The fourth-order valence-corrected chi connectivity index (χ4v) is 2.62. The van der Waals surface area contributed by atoms with Crippen LogP contribution in [0.4, 0.5) is 11.4 Å². The Balaban J connectivity index is 1.81. The number of carbonyl (C=O) groups excluding carboxylic acids is 1. The van der Waals surface area contributed by atoms with Crippen LogP contribution in [-0.4, -0.2) is 11.9 Å². The first-order chi connectivity index (χ1) is 11.2. The highest BCUT2D eigenvalue weighted by Crippen LogP contribution is 2.32. The van der Waals surface area contributed by atoms with Gasteiger partial charge in [0.05, 0.1) is 23.8 Å². The molecule has 0 unspecified atom stereocenters. The molecule has 0 saturated carbocycles. The maximum atomic E-state index is 11.8. The van der Waals surface area contributed by atoms with Crippen LogP contribution >= 0.6 is 0 Å². The summed E-state index contributed by atoms with van der Waals surface area (Å²) in [7, 11) is 0. The minimum absolute atomic E-state index is 0.0209. The molecule has 23 heavy (non-hydrogen) atoms. The smallest absolute Gasteiger partial charge is 0.226 e. The van der Waals surface area contributed by atoms with Gasteiger partial charge in [0.2, 0.25) is 5.91 Å². The fraction of sp³-hybridized carbons (Fsp3) is 0.211. The van der Waals surface area contributed by atoms with Crippen LogP contribution in [0.15, 0.2) is 61.2 Å². The zero-order valence-electron chi connectivity index (χ0n) is 13.1. The van der Waals surface area contributed by atoms with Gasteiger partial charge in [-0.3, -0.25) is 4.79 Å². The summed E-state index contributed by atoms with van der Waals surface area (Å²) in [5.74, 6) is 0.735. The van der Waals surface area contributed by atoms with Crippen molar-refractivity contribution in [3.63, 3.8) is 0 Å². The number of amides is 1. The van der Waals surface area contributed by atoms with Gasteiger partial charge in [0.15, 0.2) is 0 Å². The Morgan fingerprint density at radius 3 is 2.74 bits per heavy atom. The first-order valence-electron chi connectivity index (χ1n) is 7.70. The lowest BCUT2D eigenvalue weighted by atomic mass is 10.1. The van der Waals surface area contributed by atoms with Crippen molar-refractivity contribution < 1.29 is 9.53 Å². The third-order valence-corrected chi connectivity index (χ3v) is 3.88. The predicted molar refractivity (Wildman–Crippen MR) is 92.8 cm³/mol. The van der Waals surface area contributed by atoms with Crippen LogP contribution < -0.4 is 15.4 Å². The molecule has 4 nitrogen and oxygen atoms in total. The maximum absolute atomic E-state index is 11.8. The average molecular weight is 308 g/mol. The summed E-state index contributed by atoms with van der Waals surface area (Å²) in [6.45, 7) is 5.79. The molecule has 0 bridgehead atoms. The van der Waals surface area contributed by atoms with Gasteiger partial charge in [0.1, 0.15) is 11.9 Å². The number of fused-ring (bicyclic) bond motifs is 1. The third kappa shape index (κ3) is 3.54. The number of nitrogens with one attached hydrogen (secondary N) is 2. The van der Waals surface area contributed by atoms with Gasteiger partial charge >= 0.3 is 0 Å². The molecule has 2 aromatic carbocycles. The van der Waals surface area contributed by atoms with Crippen molar-refractivity contribution in [2.75, 3.05) is 10.6 Å². The lowest BCUT2D eigenvalue weighted by Gasteiger charge is -2.18. The first kappa shape index (κ1) is 15.2. The molecule has 2 N–H and O–H groups in total. The second-order valence-electron chi connectivity index (χ2n) is 5.62. The topological polar surface area (TPSA) is 50.4 Å². The van der Waals surface area contributed by atoms with Gasteiger partial charge in [-0.25, -0.2) is 0 Å². The molecule has 0 saturated heterocycles. The molecular weight excluding hydrogens is 288 g/mol. The quantitative estimate of drug-likeness (QED) is 0.835. The van der Waals surface area contributed by atoms with Crippen LogP contribution in [-0.2, 0) is 4.79 Å². The number of carbonyl (C=O) groups is 1. The van der Waals surface area contributed by atoms with E-state index in [0.717, 1.165) is 22.7 Å².